The molecule has 1 aliphatic rings. The van der Waals surface area contributed by atoms with Crippen LogP contribution in [-0.4, -0.2) is 5.87 Å². The smallest absolute Gasteiger partial charge is 0.123 e. The maximum atomic E-state index is 4.12. The molecule has 0 aromatic carbocycles. The largest absolute Gasteiger partial charge is 0.125 e. The Balaban J connectivity index is 2.60. The maximum absolute atomic E-state index is 4.12. The Morgan fingerprint density at radius 1 is 1.27 bits per heavy atom. The van der Waals surface area contributed by atoms with E-state index < -0.39 is 0 Å². The van der Waals surface area contributed by atoms with Gasteiger partial charge in [0.1, 0.15) is 3.14 Å². The van der Waals surface area contributed by atoms with E-state index >= 15 is 0 Å². The van der Waals surface area contributed by atoms with E-state index in [9.17, 15) is 0 Å². The summed E-state index contributed by atoms with van der Waals surface area (Å²) in [6.07, 6.45) is 0. The summed E-state index contributed by atoms with van der Waals surface area (Å²) < 4.78 is 1.53. The van der Waals surface area contributed by atoms with Gasteiger partial charge in [-0.1, -0.05) is 16.7 Å². The van der Waals surface area contributed by atoms with Crippen LogP contribution in [0.4, 0.5) is 0 Å². The fourth-order valence-electron chi connectivity index (χ4n) is 0.636. The maximum Gasteiger partial charge on any atom is 0.123 e. The van der Waals surface area contributed by atoms with Crippen molar-refractivity contribution in [3.05, 3.63) is 24.7 Å². The minimum absolute atomic E-state index is 0.241. The van der Waals surface area contributed by atoms with E-state index in [-0.39, 0.29) is 9.52 Å². The zero-order valence-corrected chi connectivity index (χ0v) is 9.64. The normalized spacial score (nSPS) is 29.5. The fourth-order valence-corrected chi connectivity index (χ4v) is 12.0. The Kier molecular flexibility index (Phi) is 2.73. The van der Waals surface area contributed by atoms with Gasteiger partial charge in [-0.3, -0.25) is 0 Å². The van der Waals surface area contributed by atoms with Crippen LogP contribution in [0.3, 0.4) is 0 Å². The highest BCUT2D eigenvalue weighted by Gasteiger charge is 2.04. The van der Waals surface area contributed by atoms with Gasteiger partial charge in [-0.25, -0.2) is 0 Å². The highest BCUT2D eigenvalue weighted by atomic mass is 33.5. The average molecular weight is 238 g/mol. The summed E-state index contributed by atoms with van der Waals surface area (Å²) in [5, 5.41) is 8.72. The van der Waals surface area contributed by atoms with Gasteiger partial charge in [-0.15, -0.1) is 32.2 Å². The molecule has 0 saturated heterocycles. The lowest BCUT2D eigenvalue weighted by molar-refractivity contribution is 2.38. The first-order chi connectivity index (χ1) is 5.38. The standard InChI is InChI=1S/C6H6S5/c1-10-5-4-9-11(10)6-7-2-3-8-6/h2-5H,1H2. The fraction of sp³-hybridized carbons (Fsp3) is 0. The van der Waals surface area contributed by atoms with Gasteiger partial charge in [-0.05, 0) is 19.4 Å². The van der Waals surface area contributed by atoms with E-state index in [4.69, 9.17) is 0 Å². The van der Waals surface area contributed by atoms with Crippen molar-refractivity contribution >= 4 is 57.4 Å². The number of hydrogen-bond acceptors (Lipinski definition) is 3. The predicted molar refractivity (Wildman–Crippen MR) is 64.5 cm³/mol. The summed E-state index contributed by atoms with van der Waals surface area (Å²) in [7, 11) is 2.52. The van der Waals surface area contributed by atoms with Crippen molar-refractivity contribution in [1.82, 2.24) is 0 Å². The Bertz CT molecular complexity index is 350. The van der Waals surface area contributed by atoms with Gasteiger partial charge in [0.2, 0.25) is 0 Å². The molecule has 0 saturated carbocycles. The van der Waals surface area contributed by atoms with E-state index in [0.717, 1.165) is 0 Å². The second kappa shape index (κ2) is 3.62. The quantitative estimate of drug-likeness (QED) is 0.478. The Labute approximate surface area is 81.6 Å². The second-order valence-corrected chi connectivity index (χ2v) is 11.2. The van der Waals surface area contributed by atoms with Crippen LogP contribution in [0.15, 0.2) is 21.6 Å². The van der Waals surface area contributed by atoms with E-state index in [1.165, 1.54) is 3.14 Å². The first-order valence-electron chi connectivity index (χ1n) is 2.84. The lowest BCUT2D eigenvalue weighted by Crippen LogP contribution is -1.44. The minimum atomic E-state index is 0.241. The SMILES string of the molecule is C=S1C=CSS1=c1sccs1. The molecule has 0 aliphatic carbocycles. The third-order valence-corrected chi connectivity index (χ3v) is 12.9. The molecule has 5 heteroatoms. The molecule has 11 heavy (non-hydrogen) atoms. The van der Waals surface area contributed by atoms with Crippen LogP contribution in [0, 0.1) is 3.14 Å². The van der Waals surface area contributed by atoms with Crippen LogP contribution < -0.4 is 0 Å². The monoisotopic (exact) mass is 238 g/mol. The average Bonchev–Trinajstić information content (AvgIpc) is 2.55. The molecule has 1 aliphatic heterocycles. The molecule has 60 valence electrons. The summed E-state index contributed by atoms with van der Waals surface area (Å²) >= 11 is 3.72. The zero-order valence-electron chi connectivity index (χ0n) is 5.56. The Morgan fingerprint density at radius 3 is 2.55 bits per heavy atom. The molecule has 0 radical (unpaired) electrons. The second-order valence-electron chi connectivity index (χ2n) is 1.74. The van der Waals surface area contributed by atoms with Gasteiger partial charge in [-0.2, -0.15) is 0 Å². The van der Waals surface area contributed by atoms with Crippen molar-refractivity contribution in [2.75, 3.05) is 0 Å². The summed E-state index contributed by atoms with van der Waals surface area (Å²) in [6, 6.07) is 0. The molecule has 1 aromatic rings. The molecule has 1 aromatic heterocycles. The van der Waals surface area contributed by atoms with Gasteiger partial charge in [0, 0.05) is 10.8 Å². The van der Waals surface area contributed by atoms with Crippen molar-refractivity contribution in [1.29, 1.82) is 0 Å². The van der Waals surface area contributed by atoms with Crippen molar-refractivity contribution < 1.29 is 0 Å². The van der Waals surface area contributed by atoms with Crippen LogP contribution in [0.25, 0.3) is 0 Å². The Hall–Kier alpha value is 0.710. The van der Waals surface area contributed by atoms with Crippen LogP contribution in [-0.2, 0) is 0 Å². The van der Waals surface area contributed by atoms with Crippen LogP contribution in [0.1, 0.15) is 0 Å². The molecular weight excluding hydrogens is 232 g/mol. The summed E-state index contributed by atoms with van der Waals surface area (Å²) in [5.41, 5.74) is 0. The van der Waals surface area contributed by atoms with E-state index in [0.29, 0.717) is 8.55 Å². The van der Waals surface area contributed by atoms with E-state index in [1.54, 1.807) is 0 Å². The molecule has 0 N–H and O–H groups in total. The number of hydrogen-bond donors (Lipinski definition) is 0. The molecule has 0 amide bonds. The molecule has 2 rings (SSSR count). The third kappa shape index (κ3) is 1.72. The number of rotatable bonds is 0. The first-order valence-corrected chi connectivity index (χ1v) is 9.20. The van der Waals surface area contributed by atoms with Gasteiger partial charge >= 0.3 is 0 Å². The molecule has 0 nitrogen and oxygen atoms in total. The summed E-state index contributed by atoms with van der Waals surface area (Å²) in [6.45, 7) is 0. The minimum Gasteiger partial charge on any atom is -0.125 e. The lowest BCUT2D eigenvalue weighted by atomic mass is 11.2. The van der Waals surface area contributed by atoms with E-state index in [1.807, 2.05) is 33.5 Å². The molecule has 2 unspecified atom stereocenters. The van der Waals surface area contributed by atoms with Crippen molar-refractivity contribution in [3.63, 3.8) is 0 Å². The summed E-state index contributed by atoms with van der Waals surface area (Å²) in [4.78, 5) is 0. The molecule has 0 spiro atoms. The third-order valence-electron chi connectivity index (χ3n) is 1.06. The highest BCUT2D eigenvalue weighted by molar-refractivity contribution is 9.19. The topological polar surface area (TPSA) is 0 Å². The molecule has 2 atom stereocenters. The van der Waals surface area contributed by atoms with E-state index in [2.05, 4.69) is 27.4 Å². The predicted octanol–water partition coefficient (Wildman–Crippen LogP) is 4.36. The first kappa shape index (κ1) is 8.31. The Morgan fingerprint density at radius 2 is 2.00 bits per heavy atom. The van der Waals surface area contributed by atoms with Gasteiger partial charge < -0.3 is 0 Å². The van der Waals surface area contributed by atoms with Crippen LogP contribution >= 0.6 is 51.5 Å². The van der Waals surface area contributed by atoms with Gasteiger partial charge in [0.05, 0.1) is 0 Å². The lowest BCUT2D eigenvalue weighted by Gasteiger charge is -1.95. The van der Waals surface area contributed by atoms with Crippen molar-refractivity contribution in [2.45, 2.75) is 0 Å². The van der Waals surface area contributed by atoms with Gasteiger partial charge in [0.15, 0.2) is 0 Å². The van der Waals surface area contributed by atoms with Gasteiger partial charge in [0.25, 0.3) is 0 Å². The molecule has 0 bridgehead atoms. The molecule has 0 fully saturated rings. The zero-order chi connectivity index (χ0) is 7.68. The summed E-state index contributed by atoms with van der Waals surface area (Å²) in [5.74, 6) is 4.12. The van der Waals surface area contributed by atoms with Crippen molar-refractivity contribution in [2.24, 2.45) is 0 Å². The molecule has 2 heterocycles. The van der Waals surface area contributed by atoms with Crippen LogP contribution in [0.2, 0.25) is 0 Å². The van der Waals surface area contributed by atoms with Crippen molar-refractivity contribution in [3.8, 4) is 0 Å². The highest BCUT2D eigenvalue weighted by Crippen LogP contribution is 2.57. The van der Waals surface area contributed by atoms with Crippen LogP contribution in [0.5, 0.6) is 0 Å². The molecular formula is C6H6S5.